The lowest BCUT2D eigenvalue weighted by Gasteiger charge is -2.32. The molecule has 0 saturated carbocycles. The summed E-state index contributed by atoms with van der Waals surface area (Å²) in [5, 5.41) is 3.15. The first-order valence-electron chi connectivity index (χ1n) is 10.3. The topological polar surface area (TPSA) is 89.6 Å². The summed E-state index contributed by atoms with van der Waals surface area (Å²) in [6.07, 6.45) is 6.53. The average molecular weight is 422 g/mol. The molecule has 0 unspecified atom stereocenters. The number of rotatable bonds is 6. The SMILES string of the molecule is COc1ccc([C@H](NC(=O)[C@@H]2CCCN(C(=O)c3ccco3)C2)c2nccn2C)cc1. The normalized spacial score (nSPS) is 17.2. The fraction of sp³-hybridized carbons (Fsp3) is 0.348. The first kappa shape index (κ1) is 20.7. The molecule has 1 aliphatic rings. The van der Waals surface area contributed by atoms with Gasteiger partial charge in [-0.05, 0) is 42.7 Å². The van der Waals surface area contributed by atoms with Gasteiger partial charge in [0.1, 0.15) is 17.6 Å². The van der Waals surface area contributed by atoms with Gasteiger partial charge < -0.3 is 23.9 Å². The number of piperidine rings is 1. The van der Waals surface area contributed by atoms with E-state index >= 15 is 0 Å². The van der Waals surface area contributed by atoms with Crippen LogP contribution in [0.25, 0.3) is 0 Å². The quantitative estimate of drug-likeness (QED) is 0.660. The van der Waals surface area contributed by atoms with Crippen molar-refractivity contribution in [3.8, 4) is 5.75 Å². The number of amides is 2. The standard InChI is InChI=1S/C23H26N4O4/c1-26-13-11-24-21(26)20(16-7-9-18(30-2)10-8-16)25-22(28)17-5-3-12-27(15-17)23(29)19-6-4-14-31-19/h4,6-11,13-14,17,20H,3,5,12,15H2,1-2H3,(H,25,28)/t17-,20+/m1/s1. The highest BCUT2D eigenvalue weighted by atomic mass is 16.5. The number of aryl methyl sites for hydroxylation is 1. The van der Waals surface area contributed by atoms with Crippen LogP contribution in [0.1, 0.15) is 40.8 Å². The molecule has 2 atom stereocenters. The molecule has 31 heavy (non-hydrogen) atoms. The Morgan fingerprint density at radius 3 is 2.71 bits per heavy atom. The van der Waals surface area contributed by atoms with Gasteiger partial charge in [0.15, 0.2) is 5.76 Å². The van der Waals surface area contributed by atoms with Gasteiger partial charge in [-0.25, -0.2) is 4.98 Å². The van der Waals surface area contributed by atoms with Gasteiger partial charge in [-0.2, -0.15) is 0 Å². The fourth-order valence-electron chi connectivity index (χ4n) is 3.94. The molecule has 3 heterocycles. The number of ether oxygens (including phenoxy) is 1. The summed E-state index contributed by atoms with van der Waals surface area (Å²) in [7, 11) is 3.52. The van der Waals surface area contributed by atoms with Gasteiger partial charge in [-0.1, -0.05) is 12.1 Å². The highest BCUT2D eigenvalue weighted by Gasteiger charge is 2.32. The first-order chi connectivity index (χ1) is 15.1. The molecule has 1 fully saturated rings. The largest absolute Gasteiger partial charge is 0.497 e. The average Bonchev–Trinajstić information content (AvgIpc) is 3.49. The molecule has 0 aliphatic carbocycles. The van der Waals surface area contributed by atoms with Gasteiger partial charge >= 0.3 is 0 Å². The Hall–Kier alpha value is -3.55. The van der Waals surface area contributed by atoms with Crippen molar-refractivity contribution in [3.63, 3.8) is 0 Å². The molecule has 8 nitrogen and oxygen atoms in total. The van der Waals surface area contributed by atoms with E-state index < -0.39 is 6.04 Å². The van der Waals surface area contributed by atoms with Crippen LogP contribution in [0.4, 0.5) is 0 Å². The number of nitrogens with one attached hydrogen (secondary N) is 1. The van der Waals surface area contributed by atoms with Crippen molar-refractivity contribution in [2.45, 2.75) is 18.9 Å². The van der Waals surface area contributed by atoms with Crippen molar-refractivity contribution < 1.29 is 18.7 Å². The van der Waals surface area contributed by atoms with Gasteiger partial charge in [-0.3, -0.25) is 9.59 Å². The zero-order valence-corrected chi connectivity index (χ0v) is 17.7. The molecule has 0 bridgehead atoms. The third-order valence-electron chi connectivity index (χ3n) is 5.66. The van der Waals surface area contributed by atoms with E-state index in [9.17, 15) is 9.59 Å². The van der Waals surface area contributed by atoms with Gasteiger partial charge in [0.05, 0.1) is 19.3 Å². The van der Waals surface area contributed by atoms with E-state index in [0.717, 1.165) is 30.0 Å². The van der Waals surface area contributed by atoms with E-state index in [0.29, 0.717) is 18.8 Å². The van der Waals surface area contributed by atoms with E-state index in [4.69, 9.17) is 9.15 Å². The van der Waals surface area contributed by atoms with Crippen molar-refractivity contribution in [2.24, 2.45) is 13.0 Å². The van der Waals surface area contributed by atoms with Crippen LogP contribution in [0.5, 0.6) is 5.75 Å². The number of hydrogen-bond donors (Lipinski definition) is 1. The molecular weight excluding hydrogens is 396 g/mol. The number of carbonyl (C=O) groups is 2. The molecule has 162 valence electrons. The summed E-state index contributed by atoms with van der Waals surface area (Å²) >= 11 is 0. The summed E-state index contributed by atoms with van der Waals surface area (Å²) in [4.78, 5) is 32.0. The van der Waals surface area contributed by atoms with Crippen molar-refractivity contribution in [1.82, 2.24) is 19.8 Å². The van der Waals surface area contributed by atoms with Crippen LogP contribution in [-0.4, -0.2) is 46.5 Å². The predicted molar refractivity (Wildman–Crippen MR) is 114 cm³/mol. The number of nitrogens with zero attached hydrogens (tertiary/aromatic N) is 3. The van der Waals surface area contributed by atoms with E-state index in [1.54, 1.807) is 30.3 Å². The maximum Gasteiger partial charge on any atom is 0.289 e. The van der Waals surface area contributed by atoms with Gasteiger partial charge in [0.2, 0.25) is 5.91 Å². The maximum absolute atomic E-state index is 13.2. The molecule has 1 aliphatic heterocycles. The number of aromatic nitrogens is 2. The minimum atomic E-state index is -0.408. The molecule has 4 rings (SSSR count). The second kappa shape index (κ2) is 9.07. The number of hydrogen-bond acceptors (Lipinski definition) is 5. The minimum Gasteiger partial charge on any atom is -0.497 e. The lowest BCUT2D eigenvalue weighted by molar-refractivity contribution is -0.126. The molecule has 0 spiro atoms. The molecule has 1 aromatic carbocycles. The third kappa shape index (κ3) is 4.47. The second-order valence-corrected chi connectivity index (χ2v) is 7.68. The van der Waals surface area contributed by atoms with Crippen molar-refractivity contribution in [1.29, 1.82) is 0 Å². The zero-order chi connectivity index (χ0) is 21.8. The van der Waals surface area contributed by atoms with Gasteiger partial charge in [-0.15, -0.1) is 0 Å². The Labute approximate surface area is 180 Å². The third-order valence-corrected chi connectivity index (χ3v) is 5.66. The van der Waals surface area contributed by atoms with Crippen molar-refractivity contribution >= 4 is 11.8 Å². The maximum atomic E-state index is 13.2. The molecule has 1 N–H and O–H groups in total. The van der Waals surface area contributed by atoms with E-state index in [2.05, 4.69) is 10.3 Å². The lowest BCUT2D eigenvalue weighted by Crippen LogP contribution is -2.46. The molecule has 8 heteroatoms. The lowest BCUT2D eigenvalue weighted by atomic mass is 9.95. The van der Waals surface area contributed by atoms with E-state index in [1.807, 2.05) is 42.1 Å². The summed E-state index contributed by atoms with van der Waals surface area (Å²) in [5.74, 6) is 1.20. The summed E-state index contributed by atoms with van der Waals surface area (Å²) in [6.45, 7) is 0.978. The molecular formula is C23H26N4O4. The number of carbonyl (C=O) groups excluding carboxylic acids is 2. The molecule has 1 saturated heterocycles. The Bertz CT molecular complexity index is 1030. The molecule has 2 aromatic heterocycles. The molecule has 2 amide bonds. The monoisotopic (exact) mass is 422 g/mol. The second-order valence-electron chi connectivity index (χ2n) is 7.68. The molecule has 3 aromatic rings. The van der Waals surface area contributed by atoms with Crippen LogP contribution in [0.3, 0.4) is 0 Å². The smallest absolute Gasteiger partial charge is 0.289 e. The zero-order valence-electron chi connectivity index (χ0n) is 17.7. The summed E-state index contributed by atoms with van der Waals surface area (Å²) in [6, 6.07) is 10.5. The van der Waals surface area contributed by atoms with Gasteiger partial charge in [0, 0.05) is 32.5 Å². The van der Waals surface area contributed by atoms with Crippen molar-refractivity contribution in [3.05, 3.63) is 72.2 Å². The predicted octanol–water partition coefficient (Wildman–Crippen LogP) is 2.78. The number of imidazole rings is 1. The van der Waals surface area contributed by atoms with Gasteiger partial charge in [0.25, 0.3) is 5.91 Å². The van der Waals surface area contributed by atoms with Crippen LogP contribution < -0.4 is 10.1 Å². The van der Waals surface area contributed by atoms with Crippen LogP contribution in [-0.2, 0) is 11.8 Å². The fourth-order valence-corrected chi connectivity index (χ4v) is 3.94. The van der Waals surface area contributed by atoms with Crippen LogP contribution >= 0.6 is 0 Å². The summed E-state index contributed by atoms with van der Waals surface area (Å²) in [5.41, 5.74) is 0.905. The Balaban J connectivity index is 1.51. The number of methoxy groups -OCH3 is 1. The minimum absolute atomic E-state index is 0.0965. The number of likely N-dealkylation sites (tertiary alicyclic amines) is 1. The highest BCUT2D eigenvalue weighted by molar-refractivity contribution is 5.92. The number of benzene rings is 1. The van der Waals surface area contributed by atoms with Crippen LogP contribution in [0.2, 0.25) is 0 Å². The Kier molecular flexibility index (Phi) is 6.06. The van der Waals surface area contributed by atoms with Crippen LogP contribution in [0, 0.1) is 5.92 Å². The number of furan rings is 1. The summed E-state index contributed by atoms with van der Waals surface area (Å²) < 4.78 is 12.4. The first-order valence-corrected chi connectivity index (χ1v) is 10.3. The Morgan fingerprint density at radius 1 is 1.26 bits per heavy atom. The van der Waals surface area contributed by atoms with Crippen LogP contribution in [0.15, 0.2) is 59.5 Å². The highest BCUT2D eigenvalue weighted by Crippen LogP contribution is 2.25. The molecule has 0 radical (unpaired) electrons. The Morgan fingerprint density at radius 2 is 2.06 bits per heavy atom. The van der Waals surface area contributed by atoms with Crippen molar-refractivity contribution in [2.75, 3.05) is 20.2 Å². The van der Waals surface area contributed by atoms with E-state index in [-0.39, 0.29) is 17.7 Å². The van der Waals surface area contributed by atoms with E-state index in [1.165, 1.54) is 6.26 Å².